The fourth-order valence-corrected chi connectivity index (χ4v) is 2.30. The van der Waals surface area contributed by atoms with Gasteiger partial charge < -0.3 is 19.5 Å². The Morgan fingerprint density at radius 2 is 2.19 bits per heavy atom. The van der Waals surface area contributed by atoms with Gasteiger partial charge in [0, 0.05) is 37.4 Å². The van der Waals surface area contributed by atoms with E-state index in [4.69, 9.17) is 14.6 Å². The second kappa shape index (κ2) is 3.87. The highest BCUT2D eigenvalue weighted by Gasteiger charge is 2.23. The molecule has 0 bridgehead atoms. The van der Waals surface area contributed by atoms with Gasteiger partial charge in [-0.05, 0) is 18.6 Å². The number of ether oxygens (including phenoxy) is 2. The van der Waals surface area contributed by atoms with Gasteiger partial charge in [-0.25, -0.2) is 0 Å². The summed E-state index contributed by atoms with van der Waals surface area (Å²) in [4.78, 5) is 2.28. The Morgan fingerprint density at radius 3 is 3.00 bits per heavy atom. The van der Waals surface area contributed by atoms with Crippen molar-refractivity contribution < 1.29 is 14.6 Å². The zero-order valence-electron chi connectivity index (χ0n) is 9.06. The quantitative estimate of drug-likeness (QED) is 0.815. The highest BCUT2D eigenvalue weighted by Crippen LogP contribution is 2.36. The predicted molar refractivity (Wildman–Crippen MR) is 60.0 cm³/mol. The first-order valence-corrected chi connectivity index (χ1v) is 5.62. The maximum absolute atomic E-state index is 9.11. The molecule has 1 atom stereocenters. The number of fused-ring (bicyclic) bond motifs is 1. The van der Waals surface area contributed by atoms with Gasteiger partial charge in [0.1, 0.15) is 0 Å². The second-order valence-corrected chi connectivity index (χ2v) is 4.32. The zero-order valence-corrected chi connectivity index (χ0v) is 9.06. The molecule has 1 saturated heterocycles. The van der Waals surface area contributed by atoms with Crippen LogP contribution in [0.3, 0.4) is 0 Å². The van der Waals surface area contributed by atoms with Crippen LogP contribution in [-0.2, 0) is 0 Å². The van der Waals surface area contributed by atoms with E-state index >= 15 is 0 Å². The molecule has 0 saturated carbocycles. The van der Waals surface area contributed by atoms with E-state index in [0.29, 0.717) is 12.7 Å². The largest absolute Gasteiger partial charge is 0.454 e. The first-order chi connectivity index (χ1) is 7.86. The summed E-state index contributed by atoms with van der Waals surface area (Å²) in [6, 6.07) is 6.01. The standard InChI is InChI=1S/C12H15NO3/c14-7-9-3-4-13(6-9)10-1-2-11-12(5-10)16-8-15-11/h1-2,5,9,14H,3-4,6-8H2. The van der Waals surface area contributed by atoms with Gasteiger partial charge in [0.2, 0.25) is 6.79 Å². The number of aliphatic hydroxyl groups excluding tert-OH is 1. The number of hydrogen-bond acceptors (Lipinski definition) is 4. The summed E-state index contributed by atoms with van der Waals surface area (Å²) in [5, 5.41) is 9.11. The first-order valence-electron chi connectivity index (χ1n) is 5.62. The van der Waals surface area contributed by atoms with Gasteiger partial charge in [-0.1, -0.05) is 0 Å². The fourth-order valence-electron chi connectivity index (χ4n) is 2.30. The average molecular weight is 221 g/mol. The molecule has 16 heavy (non-hydrogen) atoms. The molecule has 0 radical (unpaired) electrons. The lowest BCUT2D eigenvalue weighted by Crippen LogP contribution is -2.20. The molecule has 0 aliphatic carbocycles. The van der Waals surface area contributed by atoms with E-state index in [1.807, 2.05) is 18.2 Å². The molecule has 4 nitrogen and oxygen atoms in total. The lowest BCUT2D eigenvalue weighted by molar-refractivity contribution is 0.174. The van der Waals surface area contributed by atoms with Crippen molar-refractivity contribution >= 4 is 5.69 Å². The van der Waals surface area contributed by atoms with Gasteiger partial charge in [0.15, 0.2) is 11.5 Å². The van der Waals surface area contributed by atoms with Gasteiger partial charge >= 0.3 is 0 Å². The molecule has 4 heteroatoms. The van der Waals surface area contributed by atoms with Gasteiger partial charge in [-0.15, -0.1) is 0 Å². The summed E-state index contributed by atoms with van der Waals surface area (Å²) in [6.07, 6.45) is 1.06. The van der Waals surface area contributed by atoms with Crippen molar-refractivity contribution in [3.8, 4) is 11.5 Å². The van der Waals surface area contributed by atoms with Gasteiger partial charge in [-0.2, -0.15) is 0 Å². The van der Waals surface area contributed by atoms with Crippen LogP contribution in [0.1, 0.15) is 6.42 Å². The minimum absolute atomic E-state index is 0.279. The van der Waals surface area contributed by atoms with Crippen LogP contribution in [0.15, 0.2) is 18.2 Å². The van der Waals surface area contributed by atoms with Gasteiger partial charge in [-0.3, -0.25) is 0 Å². The number of anilines is 1. The Kier molecular flexibility index (Phi) is 2.36. The Labute approximate surface area is 94.4 Å². The summed E-state index contributed by atoms with van der Waals surface area (Å²) in [6.45, 7) is 2.53. The average Bonchev–Trinajstić information content (AvgIpc) is 2.96. The van der Waals surface area contributed by atoms with Crippen LogP contribution in [0.25, 0.3) is 0 Å². The lowest BCUT2D eigenvalue weighted by Gasteiger charge is -2.18. The van der Waals surface area contributed by atoms with Crippen molar-refractivity contribution in [1.82, 2.24) is 0 Å². The number of rotatable bonds is 2. The van der Waals surface area contributed by atoms with E-state index in [1.165, 1.54) is 0 Å². The molecule has 1 aromatic rings. The Bertz CT molecular complexity index is 394. The molecular weight excluding hydrogens is 206 g/mol. The minimum atomic E-state index is 0.279. The van der Waals surface area contributed by atoms with Gasteiger partial charge in [0.25, 0.3) is 0 Å². The molecule has 0 amide bonds. The SMILES string of the molecule is OCC1CCN(c2ccc3c(c2)OCO3)C1. The topological polar surface area (TPSA) is 41.9 Å². The maximum atomic E-state index is 9.11. The third-order valence-electron chi connectivity index (χ3n) is 3.27. The van der Waals surface area contributed by atoms with E-state index < -0.39 is 0 Å². The van der Waals surface area contributed by atoms with E-state index in [2.05, 4.69) is 4.90 Å². The van der Waals surface area contributed by atoms with E-state index in [-0.39, 0.29) is 6.61 Å². The van der Waals surface area contributed by atoms with E-state index in [9.17, 15) is 0 Å². The molecule has 0 spiro atoms. The van der Waals surface area contributed by atoms with Crippen LogP contribution >= 0.6 is 0 Å². The van der Waals surface area contributed by atoms with Crippen molar-refractivity contribution in [3.05, 3.63) is 18.2 Å². The molecule has 2 heterocycles. The molecule has 3 rings (SSSR count). The molecule has 2 aliphatic heterocycles. The smallest absolute Gasteiger partial charge is 0.231 e. The molecule has 2 aliphatic rings. The summed E-state index contributed by atoms with van der Waals surface area (Å²) in [5.74, 6) is 2.05. The monoisotopic (exact) mass is 221 g/mol. The summed E-state index contributed by atoms with van der Waals surface area (Å²) < 4.78 is 10.6. The van der Waals surface area contributed by atoms with Crippen molar-refractivity contribution in [3.63, 3.8) is 0 Å². The Morgan fingerprint density at radius 1 is 1.31 bits per heavy atom. The van der Waals surface area contributed by atoms with Crippen LogP contribution in [0, 0.1) is 5.92 Å². The summed E-state index contributed by atoms with van der Waals surface area (Å²) in [5.41, 5.74) is 1.15. The van der Waals surface area contributed by atoms with Crippen LogP contribution < -0.4 is 14.4 Å². The number of aliphatic hydroxyl groups is 1. The molecule has 0 aromatic heterocycles. The fraction of sp³-hybridized carbons (Fsp3) is 0.500. The lowest BCUT2D eigenvalue weighted by atomic mass is 10.1. The zero-order chi connectivity index (χ0) is 11.0. The summed E-state index contributed by atoms with van der Waals surface area (Å²) >= 11 is 0. The number of benzene rings is 1. The van der Waals surface area contributed by atoms with Crippen LogP contribution in [0.4, 0.5) is 5.69 Å². The second-order valence-electron chi connectivity index (χ2n) is 4.32. The summed E-state index contributed by atoms with van der Waals surface area (Å²) in [7, 11) is 0. The van der Waals surface area contributed by atoms with E-state index in [1.54, 1.807) is 0 Å². The molecule has 1 unspecified atom stereocenters. The van der Waals surface area contributed by atoms with Crippen molar-refractivity contribution in [2.24, 2.45) is 5.92 Å². The number of hydrogen-bond donors (Lipinski definition) is 1. The predicted octanol–water partition coefficient (Wildman–Crippen LogP) is 1.23. The van der Waals surface area contributed by atoms with Crippen molar-refractivity contribution in [1.29, 1.82) is 0 Å². The molecule has 1 N–H and O–H groups in total. The van der Waals surface area contributed by atoms with Crippen molar-refractivity contribution in [2.75, 3.05) is 31.4 Å². The highest BCUT2D eigenvalue weighted by molar-refractivity contribution is 5.57. The third kappa shape index (κ3) is 1.59. The molecular formula is C12H15NO3. The van der Waals surface area contributed by atoms with Gasteiger partial charge in [0.05, 0.1) is 0 Å². The number of nitrogens with zero attached hydrogens (tertiary/aromatic N) is 1. The van der Waals surface area contributed by atoms with Crippen molar-refractivity contribution in [2.45, 2.75) is 6.42 Å². The van der Waals surface area contributed by atoms with Crippen LogP contribution in [-0.4, -0.2) is 31.6 Å². The minimum Gasteiger partial charge on any atom is -0.454 e. The van der Waals surface area contributed by atoms with E-state index in [0.717, 1.165) is 36.7 Å². The molecule has 1 aromatic carbocycles. The highest BCUT2D eigenvalue weighted by atomic mass is 16.7. The Hall–Kier alpha value is -1.42. The molecule has 1 fully saturated rings. The third-order valence-corrected chi connectivity index (χ3v) is 3.27. The van der Waals surface area contributed by atoms with Crippen LogP contribution in [0.5, 0.6) is 11.5 Å². The molecule has 86 valence electrons. The normalized spacial score (nSPS) is 22.8. The Balaban J connectivity index is 1.80. The van der Waals surface area contributed by atoms with Crippen LogP contribution in [0.2, 0.25) is 0 Å². The maximum Gasteiger partial charge on any atom is 0.231 e. The first kappa shape index (κ1) is 9.78.